The fraction of sp³-hybridized carbons (Fsp3) is 0.278. The van der Waals surface area contributed by atoms with Crippen LogP contribution in [0.4, 0.5) is 4.39 Å². The first kappa shape index (κ1) is 17.4. The van der Waals surface area contributed by atoms with E-state index in [-0.39, 0.29) is 5.82 Å². The van der Waals surface area contributed by atoms with E-state index in [2.05, 4.69) is 26.7 Å². The second-order valence-corrected chi connectivity index (χ2v) is 6.38. The summed E-state index contributed by atoms with van der Waals surface area (Å²) in [6.07, 6.45) is 4.45. The number of rotatable bonds is 7. The molecule has 0 radical (unpaired) electrons. The molecule has 130 valence electrons. The van der Waals surface area contributed by atoms with Crippen molar-refractivity contribution in [1.29, 1.82) is 0 Å². The summed E-state index contributed by atoms with van der Waals surface area (Å²) in [5, 5.41) is 9.47. The second kappa shape index (κ2) is 8.11. The molecule has 0 saturated heterocycles. The van der Waals surface area contributed by atoms with Gasteiger partial charge in [0.05, 0.1) is 7.11 Å². The smallest absolute Gasteiger partial charge is 0.191 e. The molecular formula is C18H19FN4OS. The monoisotopic (exact) mass is 358 g/mol. The molecule has 0 amide bonds. The van der Waals surface area contributed by atoms with Gasteiger partial charge < -0.3 is 9.30 Å². The number of ether oxygens (including phenoxy) is 1. The number of pyridine rings is 1. The second-order valence-electron chi connectivity index (χ2n) is 5.44. The molecule has 0 aliphatic carbocycles. The average Bonchev–Trinajstić information content (AvgIpc) is 3.04. The fourth-order valence-corrected chi connectivity index (χ4v) is 3.48. The van der Waals surface area contributed by atoms with Crippen molar-refractivity contribution in [3.63, 3.8) is 0 Å². The molecule has 0 unspecified atom stereocenters. The molecule has 0 aliphatic rings. The van der Waals surface area contributed by atoms with Crippen molar-refractivity contribution >= 4 is 11.8 Å². The van der Waals surface area contributed by atoms with Crippen molar-refractivity contribution < 1.29 is 9.13 Å². The molecule has 0 saturated carbocycles. The van der Waals surface area contributed by atoms with Gasteiger partial charge in [-0.25, -0.2) is 4.39 Å². The Bertz CT molecular complexity index is 838. The first-order valence-corrected chi connectivity index (χ1v) is 9.00. The molecule has 0 fully saturated rings. The average molecular weight is 358 g/mol. The van der Waals surface area contributed by atoms with E-state index in [1.165, 1.54) is 23.9 Å². The Balaban J connectivity index is 1.86. The summed E-state index contributed by atoms with van der Waals surface area (Å²) in [7, 11) is 1.59. The van der Waals surface area contributed by atoms with E-state index in [1.54, 1.807) is 25.6 Å². The molecule has 25 heavy (non-hydrogen) atoms. The van der Waals surface area contributed by atoms with E-state index >= 15 is 0 Å². The third-order valence-corrected chi connectivity index (χ3v) is 4.72. The number of benzene rings is 1. The number of hydrogen-bond acceptors (Lipinski definition) is 5. The molecule has 7 heteroatoms. The van der Waals surface area contributed by atoms with Crippen molar-refractivity contribution in [1.82, 2.24) is 19.7 Å². The van der Waals surface area contributed by atoms with Crippen LogP contribution < -0.4 is 4.74 Å². The maximum Gasteiger partial charge on any atom is 0.191 e. The maximum atomic E-state index is 13.5. The van der Waals surface area contributed by atoms with Gasteiger partial charge in [-0.1, -0.05) is 18.7 Å². The fourth-order valence-electron chi connectivity index (χ4n) is 2.54. The quantitative estimate of drug-likeness (QED) is 0.593. The van der Waals surface area contributed by atoms with Crippen molar-refractivity contribution in [3.05, 3.63) is 54.1 Å². The SMILES string of the molecule is CCCn1c(SCc2cc(F)ccc2OC)nnc1-c1ccncc1. The Morgan fingerprint density at radius 1 is 1.16 bits per heavy atom. The number of thioether (sulfide) groups is 1. The van der Waals surface area contributed by atoms with E-state index in [4.69, 9.17) is 4.74 Å². The largest absolute Gasteiger partial charge is 0.496 e. The van der Waals surface area contributed by atoms with Gasteiger partial charge in [0.25, 0.3) is 0 Å². The van der Waals surface area contributed by atoms with E-state index in [0.29, 0.717) is 11.5 Å². The standard InChI is InChI=1S/C18H19FN4OS/c1-3-10-23-17(13-6-8-20-9-7-13)21-22-18(23)25-12-14-11-15(19)4-5-16(14)24-2/h4-9,11H,3,10,12H2,1-2H3. The lowest BCUT2D eigenvalue weighted by Crippen LogP contribution is -2.02. The first-order valence-electron chi connectivity index (χ1n) is 8.01. The van der Waals surface area contributed by atoms with Gasteiger partial charge in [0.1, 0.15) is 11.6 Å². The van der Waals surface area contributed by atoms with Gasteiger partial charge in [0, 0.05) is 35.8 Å². The van der Waals surface area contributed by atoms with Crippen LogP contribution in [0.2, 0.25) is 0 Å². The third kappa shape index (κ3) is 3.99. The van der Waals surface area contributed by atoms with Gasteiger partial charge in [-0.2, -0.15) is 0 Å². The van der Waals surface area contributed by atoms with Crippen molar-refractivity contribution in [2.24, 2.45) is 0 Å². The highest BCUT2D eigenvalue weighted by Gasteiger charge is 2.15. The predicted molar refractivity (Wildman–Crippen MR) is 96.1 cm³/mol. The molecule has 0 atom stereocenters. The van der Waals surface area contributed by atoms with Crippen LogP contribution >= 0.6 is 11.8 Å². The molecule has 2 aromatic heterocycles. The van der Waals surface area contributed by atoms with Gasteiger partial charge in [-0.05, 0) is 36.8 Å². The van der Waals surface area contributed by atoms with Crippen molar-refractivity contribution in [2.45, 2.75) is 30.8 Å². The zero-order valence-electron chi connectivity index (χ0n) is 14.1. The molecule has 5 nitrogen and oxygen atoms in total. The summed E-state index contributed by atoms with van der Waals surface area (Å²) < 4.78 is 20.9. The molecule has 3 rings (SSSR count). The first-order chi connectivity index (χ1) is 12.2. The Morgan fingerprint density at radius 3 is 2.68 bits per heavy atom. The molecule has 0 aliphatic heterocycles. The zero-order valence-corrected chi connectivity index (χ0v) is 15.0. The van der Waals surface area contributed by atoms with Gasteiger partial charge in [0.2, 0.25) is 0 Å². The van der Waals surface area contributed by atoms with E-state index < -0.39 is 0 Å². The van der Waals surface area contributed by atoms with Crippen molar-refractivity contribution in [3.8, 4) is 17.1 Å². The third-order valence-electron chi connectivity index (χ3n) is 3.70. The van der Waals surface area contributed by atoms with Gasteiger partial charge in [-0.15, -0.1) is 10.2 Å². The zero-order chi connectivity index (χ0) is 17.6. The van der Waals surface area contributed by atoms with Gasteiger partial charge >= 0.3 is 0 Å². The molecule has 3 aromatic rings. The minimum Gasteiger partial charge on any atom is -0.496 e. The summed E-state index contributed by atoms with van der Waals surface area (Å²) in [6.45, 7) is 2.92. The lowest BCUT2D eigenvalue weighted by Gasteiger charge is -2.10. The number of aromatic nitrogens is 4. The Kier molecular flexibility index (Phi) is 5.65. The Morgan fingerprint density at radius 2 is 1.96 bits per heavy atom. The predicted octanol–water partition coefficient (Wildman–Crippen LogP) is 4.19. The molecule has 2 heterocycles. The number of nitrogens with zero attached hydrogens (tertiary/aromatic N) is 4. The maximum absolute atomic E-state index is 13.5. The Hall–Kier alpha value is -2.41. The highest BCUT2D eigenvalue weighted by molar-refractivity contribution is 7.98. The van der Waals surface area contributed by atoms with Crippen LogP contribution in [-0.2, 0) is 12.3 Å². The minimum absolute atomic E-state index is 0.274. The number of halogens is 1. The summed E-state index contributed by atoms with van der Waals surface area (Å²) in [5.41, 5.74) is 1.77. The lowest BCUT2D eigenvalue weighted by atomic mass is 10.2. The number of methoxy groups -OCH3 is 1. The van der Waals surface area contributed by atoms with Crippen LogP contribution in [0.3, 0.4) is 0 Å². The van der Waals surface area contributed by atoms with Crippen LogP contribution in [0.1, 0.15) is 18.9 Å². The normalized spacial score (nSPS) is 10.8. The summed E-state index contributed by atoms with van der Waals surface area (Å²) in [4.78, 5) is 4.04. The highest BCUT2D eigenvalue weighted by atomic mass is 32.2. The van der Waals surface area contributed by atoms with Crippen LogP contribution in [-0.4, -0.2) is 26.9 Å². The number of hydrogen-bond donors (Lipinski definition) is 0. The molecule has 0 bridgehead atoms. The lowest BCUT2D eigenvalue weighted by molar-refractivity contribution is 0.410. The summed E-state index contributed by atoms with van der Waals surface area (Å²) in [5.74, 6) is 1.77. The van der Waals surface area contributed by atoms with E-state index in [0.717, 1.165) is 35.1 Å². The van der Waals surface area contributed by atoms with E-state index in [9.17, 15) is 4.39 Å². The summed E-state index contributed by atoms with van der Waals surface area (Å²) >= 11 is 1.52. The molecule has 0 spiro atoms. The van der Waals surface area contributed by atoms with Crippen LogP contribution in [0.15, 0.2) is 47.9 Å². The van der Waals surface area contributed by atoms with Gasteiger partial charge in [0.15, 0.2) is 11.0 Å². The van der Waals surface area contributed by atoms with Crippen molar-refractivity contribution in [2.75, 3.05) is 7.11 Å². The summed E-state index contributed by atoms with van der Waals surface area (Å²) in [6, 6.07) is 8.37. The van der Waals surface area contributed by atoms with Crippen LogP contribution in [0, 0.1) is 5.82 Å². The van der Waals surface area contributed by atoms with Crippen LogP contribution in [0.25, 0.3) is 11.4 Å². The Labute approximate surface area is 150 Å². The molecular weight excluding hydrogens is 339 g/mol. The highest BCUT2D eigenvalue weighted by Crippen LogP contribution is 2.30. The van der Waals surface area contributed by atoms with Crippen LogP contribution in [0.5, 0.6) is 5.75 Å². The molecule has 0 N–H and O–H groups in total. The topological polar surface area (TPSA) is 52.8 Å². The molecule has 1 aromatic carbocycles. The minimum atomic E-state index is -0.274. The van der Waals surface area contributed by atoms with E-state index in [1.807, 2.05) is 12.1 Å². The van der Waals surface area contributed by atoms with Gasteiger partial charge in [-0.3, -0.25) is 4.98 Å².